The maximum Gasteiger partial charge on any atom is 0.319 e. The number of anilines is 1. The third-order valence-corrected chi connectivity index (χ3v) is 5.66. The van der Waals surface area contributed by atoms with Crippen molar-refractivity contribution in [3.63, 3.8) is 0 Å². The Morgan fingerprint density at radius 1 is 0.912 bits per heavy atom. The van der Waals surface area contributed by atoms with Crippen molar-refractivity contribution in [2.45, 2.75) is 26.4 Å². The van der Waals surface area contributed by atoms with Crippen molar-refractivity contribution in [3.8, 4) is 17.2 Å². The van der Waals surface area contributed by atoms with E-state index in [2.05, 4.69) is 15.5 Å². The van der Waals surface area contributed by atoms with E-state index in [1.54, 1.807) is 45.6 Å². The molecule has 0 aliphatic carbocycles. The van der Waals surface area contributed by atoms with Crippen molar-refractivity contribution < 1.29 is 23.8 Å². The zero-order valence-corrected chi connectivity index (χ0v) is 20.5. The average molecular weight is 471 g/mol. The first kappa shape index (κ1) is 25.2. The molecule has 34 heavy (non-hydrogen) atoms. The minimum atomic E-state index is -0.330. The van der Waals surface area contributed by atoms with E-state index >= 15 is 0 Å². The maximum atomic E-state index is 13.2. The van der Waals surface area contributed by atoms with Crippen LogP contribution in [0.3, 0.4) is 0 Å². The Hall–Kier alpha value is -3.46. The van der Waals surface area contributed by atoms with Crippen LogP contribution in [0.1, 0.15) is 29.8 Å². The molecule has 0 aromatic heterocycles. The van der Waals surface area contributed by atoms with Gasteiger partial charge < -0.3 is 29.7 Å². The van der Waals surface area contributed by atoms with Gasteiger partial charge in [0.15, 0.2) is 11.5 Å². The van der Waals surface area contributed by atoms with Gasteiger partial charge >= 0.3 is 6.03 Å². The molecule has 2 N–H and O–H groups in total. The Morgan fingerprint density at radius 3 is 2.21 bits per heavy atom. The first-order valence-corrected chi connectivity index (χ1v) is 11.3. The molecule has 3 amide bonds. The molecule has 3 rings (SSSR count). The van der Waals surface area contributed by atoms with Crippen LogP contribution in [0.25, 0.3) is 0 Å². The van der Waals surface area contributed by atoms with Gasteiger partial charge in [-0.25, -0.2) is 4.79 Å². The lowest BCUT2D eigenvalue weighted by atomic mass is 10.1. The summed E-state index contributed by atoms with van der Waals surface area (Å²) in [6.45, 7) is 7.03. The number of urea groups is 1. The van der Waals surface area contributed by atoms with E-state index in [1.165, 1.54) is 0 Å². The van der Waals surface area contributed by atoms with Gasteiger partial charge in [-0.15, -0.1) is 0 Å². The van der Waals surface area contributed by atoms with E-state index in [0.29, 0.717) is 61.2 Å². The summed E-state index contributed by atoms with van der Waals surface area (Å²) >= 11 is 0. The fourth-order valence-electron chi connectivity index (χ4n) is 4.01. The second kappa shape index (κ2) is 11.6. The fourth-order valence-corrected chi connectivity index (χ4v) is 4.01. The number of amides is 3. The van der Waals surface area contributed by atoms with Crippen molar-refractivity contribution >= 4 is 17.6 Å². The first-order valence-electron chi connectivity index (χ1n) is 11.3. The number of carbonyl (C=O) groups excluding carboxylic acids is 2. The van der Waals surface area contributed by atoms with Crippen LogP contribution in [0.4, 0.5) is 10.5 Å². The molecule has 1 saturated heterocycles. The van der Waals surface area contributed by atoms with Crippen LogP contribution in [-0.2, 0) is 6.54 Å². The third-order valence-electron chi connectivity index (χ3n) is 5.66. The van der Waals surface area contributed by atoms with Gasteiger partial charge in [-0.05, 0) is 32.0 Å². The number of benzene rings is 2. The van der Waals surface area contributed by atoms with Gasteiger partial charge in [0.1, 0.15) is 0 Å². The molecule has 184 valence electrons. The number of rotatable bonds is 8. The lowest BCUT2D eigenvalue weighted by Crippen LogP contribution is -2.48. The summed E-state index contributed by atoms with van der Waals surface area (Å²) in [5.41, 5.74) is 1.98. The SMILES string of the molecule is COc1ccc(CN2CCN(C(=O)c3ccccc3NC(=O)NC(C)C)CC2)c(OC)c1OC. The third kappa shape index (κ3) is 5.91. The van der Waals surface area contributed by atoms with Gasteiger partial charge in [0.25, 0.3) is 5.91 Å². The highest BCUT2D eigenvalue weighted by molar-refractivity contribution is 6.03. The number of nitrogens with one attached hydrogen (secondary N) is 2. The summed E-state index contributed by atoms with van der Waals surface area (Å²) in [6, 6.07) is 10.6. The number of para-hydroxylation sites is 1. The Morgan fingerprint density at radius 2 is 1.59 bits per heavy atom. The summed E-state index contributed by atoms with van der Waals surface area (Å²) < 4.78 is 16.5. The molecular formula is C25H34N4O5. The standard InChI is InChI=1S/C25H34N4O5/c1-17(2)26-25(31)27-20-9-7-6-8-19(20)24(30)29-14-12-28(13-15-29)16-18-10-11-21(32-3)23(34-5)22(18)33-4/h6-11,17H,12-16H2,1-5H3,(H2,26,27,31). The van der Waals surface area contributed by atoms with E-state index in [-0.39, 0.29) is 18.0 Å². The second-order valence-corrected chi connectivity index (χ2v) is 8.36. The lowest BCUT2D eigenvalue weighted by Gasteiger charge is -2.35. The van der Waals surface area contributed by atoms with Gasteiger partial charge in [-0.1, -0.05) is 18.2 Å². The molecule has 0 spiro atoms. The van der Waals surface area contributed by atoms with Crippen LogP contribution >= 0.6 is 0 Å². The molecular weight excluding hydrogens is 436 g/mol. The Kier molecular flexibility index (Phi) is 8.59. The van der Waals surface area contributed by atoms with E-state index in [4.69, 9.17) is 14.2 Å². The van der Waals surface area contributed by atoms with Gasteiger partial charge in [0.05, 0.1) is 32.6 Å². The van der Waals surface area contributed by atoms with E-state index in [9.17, 15) is 9.59 Å². The molecule has 1 aliphatic rings. The molecule has 2 aromatic carbocycles. The van der Waals surface area contributed by atoms with Gasteiger partial charge in [-0.3, -0.25) is 9.69 Å². The molecule has 2 aromatic rings. The minimum Gasteiger partial charge on any atom is -0.493 e. The summed E-state index contributed by atoms with van der Waals surface area (Å²) in [5, 5.41) is 5.57. The van der Waals surface area contributed by atoms with Crippen molar-refractivity contribution in [2.24, 2.45) is 0 Å². The van der Waals surface area contributed by atoms with E-state index < -0.39 is 0 Å². The number of hydrogen-bond acceptors (Lipinski definition) is 6. The zero-order valence-electron chi connectivity index (χ0n) is 20.5. The Labute approximate surface area is 201 Å². The molecule has 0 bridgehead atoms. The number of carbonyl (C=O) groups is 2. The van der Waals surface area contributed by atoms with Crippen molar-refractivity contribution in [1.82, 2.24) is 15.1 Å². The average Bonchev–Trinajstić information content (AvgIpc) is 2.83. The predicted octanol–water partition coefficient (Wildman–Crippen LogP) is 3.20. The van der Waals surface area contributed by atoms with Crippen LogP contribution in [0.2, 0.25) is 0 Å². The molecule has 1 heterocycles. The van der Waals surface area contributed by atoms with Crippen molar-refractivity contribution in [2.75, 3.05) is 52.8 Å². The van der Waals surface area contributed by atoms with Crippen LogP contribution in [0.5, 0.6) is 17.2 Å². The van der Waals surface area contributed by atoms with E-state index in [0.717, 1.165) is 5.56 Å². The van der Waals surface area contributed by atoms with Crippen LogP contribution in [0.15, 0.2) is 36.4 Å². The number of nitrogens with zero attached hydrogens (tertiary/aromatic N) is 2. The topological polar surface area (TPSA) is 92.4 Å². The molecule has 0 saturated carbocycles. The molecule has 1 aliphatic heterocycles. The summed E-state index contributed by atoms with van der Waals surface area (Å²) in [5.74, 6) is 1.75. The maximum absolute atomic E-state index is 13.2. The number of piperazine rings is 1. The lowest BCUT2D eigenvalue weighted by molar-refractivity contribution is 0.0628. The molecule has 9 nitrogen and oxygen atoms in total. The first-order chi connectivity index (χ1) is 16.4. The number of methoxy groups -OCH3 is 3. The quantitative estimate of drug-likeness (QED) is 0.616. The summed E-state index contributed by atoms with van der Waals surface area (Å²) in [7, 11) is 4.80. The molecule has 1 fully saturated rings. The number of ether oxygens (including phenoxy) is 3. The van der Waals surface area contributed by atoms with Gasteiger partial charge in [0.2, 0.25) is 5.75 Å². The van der Waals surface area contributed by atoms with Crippen molar-refractivity contribution in [1.29, 1.82) is 0 Å². The predicted molar refractivity (Wildman–Crippen MR) is 131 cm³/mol. The van der Waals surface area contributed by atoms with Crippen molar-refractivity contribution in [3.05, 3.63) is 47.5 Å². The second-order valence-electron chi connectivity index (χ2n) is 8.36. The smallest absolute Gasteiger partial charge is 0.319 e. The van der Waals surface area contributed by atoms with E-state index in [1.807, 2.05) is 30.9 Å². The number of hydrogen-bond donors (Lipinski definition) is 2. The minimum absolute atomic E-state index is 0.000218. The normalized spacial score (nSPS) is 14.0. The zero-order chi connectivity index (χ0) is 24.7. The monoisotopic (exact) mass is 470 g/mol. The Balaban J connectivity index is 1.65. The molecule has 0 radical (unpaired) electrons. The summed E-state index contributed by atoms with van der Waals surface area (Å²) in [6.07, 6.45) is 0. The van der Waals surface area contributed by atoms with Crippen LogP contribution in [0, 0.1) is 0 Å². The van der Waals surface area contributed by atoms with Gasteiger partial charge in [-0.2, -0.15) is 0 Å². The fraction of sp³-hybridized carbons (Fsp3) is 0.440. The summed E-state index contributed by atoms with van der Waals surface area (Å²) in [4.78, 5) is 29.5. The van der Waals surface area contributed by atoms with Gasteiger partial charge in [0, 0.05) is 44.3 Å². The molecule has 0 unspecified atom stereocenters. The largest absolute Gasteiger partial charge is 0.493 e. The highest BCUT2D eigenvalue weighted by Gasteiger charge is 2.25. The molecule has 9 heteroatoms. The van der Waals surface area contributed by atoms with Crippen LogP contribution < -0.4 is 24.8 Å². The molecule has 0 atom stereocenters. The highest BCUT2D eigenvalue weighted by atomic mass is 16.5. The van der Waals surface area contributed by atoms with Crippen LogP contribution in [-0.4, -0.2) is 75.3 Å². The highest BCUT2D eigenvalue weighted by Crippen LogP contribution is 2.40. The Bertz CT molecular complexity index is 1000.